The van der Waals surface area contributed by atoms with Gasteiger partial charge in [0.25, 0.3) is 0 Å². The van der Waals surface area contributed by atoms with Crippen LogP contribution in [0.25, 0.3) is 16.6 Å². The van der Waals surface area contributed by atoms with Crippen LogP contribution in [0.3, 0.4) is 0 Å². The SMILES string of the molecule is Cc1nncn1-c1ccc2cc[nH]c2c1. The van der Waals surface area contributed by atoms with E-state index in [-0.39, 0.29) is 0 Å². The molecule has 0 radical (unpaired) electrons. The first-order valence-corrected chi connectivity index (χ1v) is 4.79. The van der Waals surface area contributed by atoms with Gasteiger partial charge in [0.2, 0.25) is 0 Å². The minimum atomic E-state index is 0.890. The Hall–Kier alpha value is -2.10. The van der Waals surface area contributed by atoms with E-state index in [4.69, 9.17) is 0 Å². The zero-order chi connectivity index (χ0) is 10.3. The first-order chi connectivity index (χ1) is 7.34. The van der Waals surface area contributed by atoms with Gasteiger partial charge < -0.3 is 4.98 Å². The number of aryl methyl sites for hydroxylation is 1. The number of hydrogen-bond donors (Lipinski definition) is 1. The van der Waals surface area contributed by atoms with Gasteiger partial charge in [-0.2, -0.15) is 0 Å². The number of rotatable bonds is 1. The molecule has 0 aliphatic carbocycles. The van der Waals surface area contributed by atoms with Gasteiger partial charge in [0, 0.05) is 11.7 Å². The highest BCUT2D eigenvalue weighted by Crippen LogP contribution is 2.17. The molecule has 3 aromatic rings. The molecule has 0 fully saturated rings. The van der Waals surface area contributed by atoms with Gasteiger partial charge in [-0.15, -0.1) is 10.2 Å². The molecule has 0 aliphatic heterocycles. The van der Waals surface area contributed by atoms with Gasteiger partial charge >= 0.3 is 0 Å². The van der Waals surface area contributed by atoms with Crippen LogP contribution in [-0.4, -0.2) is 19.7 Å². The second kappa shape index (κ2) is 2.95. The van der Waals surface area contributed by atoms with Crippen molar-refractivity contribution < 1.29 is 0 Å². The van der Waals surface area contributed by atoms with Crippen LogP contribution < -0.4 is 0 Å². The maximum Gasteiger partial charge on any atom is 0.134 e. The van der Waals surface area contributed by atoms with E-state index >= 15 is 0 Å². The van der Waals surface area contributed by atoms with E-state index in [0.717, 1.165) is 17.0 Å². The molecule has 1 N–H and O–H groups in total. The Labute approximate surface area is 86.6 Å². The Kier molecular flexibility index (Phi) is 1.62. The lowest BCUT2D eigenvalue weighted by Gasteiger charge is -2.03. The molecule has 0 bridgehead atoms. The summed E-state index contributed by atoms with van der Waals surface area (Å²) in [5, 5.41) is 9.04. The number of H-pyrrole nitrogens is 1. The maximum absolute atomic E-state index is 3.96. The van der Waals surface area contributed by atoms with Crippen LogP contribution in [0, 0.1) is 6.92 Å². The summed E-state index contributed by atoms with van der Waals surface area (Å²) in [6.07, 6.45) is 3.66. The van der Waals surface area contributed by atoms with Crippen molar-refractivity contribution in [1.29, 1.82) is 0 Å². The molecule has 0 atom stereocenters. The van der Waals surface area contributed by atoms with E-state index in [0.29, 0.717) is 0 Å². The smallest absolute Gasteiger partial charge is 0.134 e. The molecule has 1 aromatic carbocycles. The van der Waals surface area contributed by atoms with Crippen molar-refractivity contribution >= 4 is 10.9 Å². The Bertz CT molecular complexity index is 606. The van der Waals surface area contributed by atoms with Crippen molar-refractivity contribution in [1.82, 2.24) is 19.7 Å². The van der Waals surface area contributed by atoms with Gasteiger partial charge in [-0.3, -0.25) is 4.57 Å². The van der Waals surface area contributed by atoms with Crippen LogP contribution >= 0.6 is 0 Å². The van der Waals surface area contributed by atoms with Crippen LogP contribution in [0.1, 0.15) is 5.82 Å². The zero-order valence-electron chi connectivity index (χ0n) is 8.31. The van der Waals surface area contributed by atoms with Crippen LogP contribution in [0.4, 0.5) is 0 Å². The molecule has 4 heteroatoms. The molecule has 0 amide bonds. The van der Waals surface area contributed by atoms with E-state index in [1.165, 1.54) is 5.39 Å². The fourth-order valence-electron chi connectivity index (χ4n) is 1.73. The molecule has 2 heterocycles. The number of aromatic nitrogens is 4. The van der Waals surface area contributed by atoms with Gasteiger partial charge in [-0.1, -0.05) is 6.07 Å². The van der Waals surface area contributed by atoms with Crippen molar-refractivity contribution in [2.75, 3.05) is 0 Å². The summed E-state index contributed by atoms with van der Waals surface area (Å²) in [6.45, 7) is 1.94. The average Bonchev–Trinajstić information content (AvgIpc) is 2.84. The largest absolute Gasteiger partial charge is 0.361 e. The van der Waals surface area contributed by atoms with Crippen molar-refractivity contribution in [3.63, 3.8) is 0 Å². The number of aromatic amines is 1. The van der Waals surface area contributed by atoms with Gasteiger partial charge in [0.05, 0.1) is 5.69 Å². The number of nitrogens with one attached hydrogen (secondary N) is 1. The van der Waals surface area contributed by atoms with E-state index < -0.39 is 0 Å². The fraction of sp³-hybridized carbons (Fsp3) is 0.0909. The maximum atomic E-state index is 3.96. The number of hydrogen-bond acceptors (Lipinski definition) is 2. The molecular formula is C11H10N4. The molecule has 0 aliphatic rings. The topological polar surface area (TPSA) is 46.5 Å². The highest BCUT2D eigenvalue weighted by atomic mass is 15.3. The third-order valence-corrected chi connectivity index (χ3v) is 2.53. The van der Waals surface area contributed by atoms with E-state index in [9.17, 15) is 0 Å². The number of benzene rings is 1. The van der Waals surface area contributed by atoms with Gasteiger partial charge in [-0.25, -0.2) is 0 Å². The summed E-state index contributed by atoms with van der Waals surface area (Å²) in [5.74, 6) is 0.890. The summed E-state index contributed by atoms with van der Waals surface area (Å²) in [7, 11) is 0. The number of fused-ring (bicyclic) bond motifs is 1. The van der Waals surface area contributed by atoms with Crippen molar-refractivity contribution in [3.8, 4) is 5.69 Å². The van der Waals surface area contributed by atoms with Crippen molar-refractivity contribution in [2.24, 2.45) is 0 Å². The quantitative estimate of drug-likeness (QED) is 0.650. The molecule has 2 aromatic heterocycles. The second-order valence-electron chi connectivity index (χ2n) is 3.50. The van der Waals surface area contributed by atoms with E-state index in [1.54, 1.807) is 6.33 Å². The zero-order valence-corrected chi connectivity index (χ0v) is 8.31. The standard InChI is InChI=1S/C11H10N4/c1-8-14-13-7-15(8)10-3-2-9-4-5-12-11(9)6-10/h2-7,12H,1H3. The summed E-state index contributed by atoms with van der Waals surface area (Å²) in [6, 6.07) is 8.29. The monoisotopic (exact) mass is 198 g/mol. The van der Waals surface area contributed by atoms with Gasteiger partial charge in [0.15, 0.2) is 0 Å². The fourth-order valence-corrected chi connectivity index (χ4v) is 1.73. The molecule has 0 saturated heterocycles. The molecular weight excluding hydrogens is 188 g/mol. The van der Waals surface area contributed by atoms with E-state index in [1.807, 2.05) is 17.7 Å². The lowest BCUT2D eigenvalue weighted by molar-refractivity contribution is 0.971. The minimum absolute atomic E-state index is 0.890. The molecule has 4 nitrogen and oxygen atoms in total. The summed E-state index contributed by atoms with van der Waals surface area (Å²) < 4.78 is 1.96. The van der Waals surface area contributed by atoms with Crippen molar-refractivity contribution in [2.45, 2.75) is 6.92 Å². The first-order valence-electron chi connectivity index (χ1n) is 4.79. The Morgan fingerprint density at radius 3 is 3.00 bits per heavy atom. The molecule has 74 valence electrons. The summed E-state index contributed by atoms with van der Waals surface area (Å²) >= 11 is 0. The molecule has 0 spiro atoms. The predicted molar refractivity (Wildman–Crippen MR) is 58.0 cm³/mol. The Morgan fingerprint density at radius 1 is 1.27 bits per heavy atom. The van der Waals surface area contributed by atoms with Gasteiger partial charge in [0.1, 0.15) is 12.2 Å². The average molecular weight is 198 g/mol. The minimum Gasteiger partial charge on any atom is -0.361 e. The summed E-state index contributed by atoms with van der Waals surface area (Å²) in [5.41, 5.74) is 2.20. The molecule has 15 heavy (non-hydrogen) atoms. The lowest BCUT2D eigenvalue weighted by Crippen LogP contribution is -1.94. The predicted octanol–water partition coefficient (Wildman–Crippen LogP) is 2.06. The van der Waals surface area contributed by atoms with Crippen LogP contribution in [-0.2, 0) is 0 Å². The lowest BCUT2D eigenvalue weighted by atomic mass is 10.2. The van der Waals surface area contributed by atoms with Crippen LogP contribution in [0.15, 0.2) is 36.8 Å². The Morgan fingerprint density at radius 2 is 2.20 bits per heavy atom. The van der Waals surface area contributed by atoms with Crippen LogP contribution in [0.5, 0.6) is 0 Å². The van der Waals surface area contributed by atoms with Crippen molar-refractivity contribution in [3.05, 3.63) is 42.6 Å². The summed E-state index contributed by atoms with van der Waals surface area (Å²) in [4.78, 5) is 3.19. The molecule has 0 saturated carbocycles. The Balaban J connectivity index is 2.23. The normalized spacial score (nSPS) is 11.0. The van der Waals surface area contributed by atoms with E-state index in [2.05, 4.69) is 39.4 Å². The number of nitrogens with zero attached hydrogens (tertiary/aromatic N) is 3. The first kappa shape index (κ1) is 8.23. The van der Waals surface area contributed by atoms with Gasteiger partial charge in [-0.05, 0) is 30.5 Å². The molecule has 0 unspecified atom stereocenters. The highest BCUT2D eigenvalue weighted by molar-refractivity contribution is 5.81. The second-order valence-corrected chi connectivity index (χ2v) is 3.50. The third-order valence-electron chi connectivity index (χ3n) is 2.53. The molecule has 3 rings (SSSR count). The third kappa shape index (κ3) is 1.22. The van der Waals surface area contributed by atoms with Crippen LogP contribution in [0.2, 0.25) is 0 Å². The highest BCUT2D eigenvalue weighted by Gasteiger charge is 2.02.